The summed E-state index contributed by atoms with van der Waals surface area (Å²) in [5.41, 5.74) is 8.86. The van der Waals surface area contributed by atoms with Crippen molar-refractivity contribution in [1.29, 1.82) is 0 Å². The maximum atomic E-state index is 10.4. The van der Waals surface area contributed by atoms with Gasteiger partial charge in [-0.1, -0.05) is 49.5 Å². The Balaban J connectivity index is 0.000000861. The average molecular weight is 462 g/mol. The smallest absolute Gasteiger partial charge is 0.0931 e. The first kappa shape index (κ1) is 31.2. The Morgan fingerprint density at radius 3 is 2.55 bits per heavy atom. The fourth-order valence-corrected chi connectivity index (χ4v) is 3.83. The molecule has 33 heavy (non-hydrogen) atoms. The van der Waals surface area contributed by atoms with Crippen molar-refractivity contribution in [2.24, 2.45) is 17.6 Å². The molecule has 188 valence electrons. The lowest BCUT2D eigenvalue weighted by molar-refractivity contribution is 0.0354. The topological polar surface area (TPSA) is 84.9 Å². The Bertz CT molecular complexity index is 649. The van der Waals surface area contributed by atoms with Gasteiger partial charge in [-0.15, -0.1) is 6.42 Å². The maximum Gasteiger partial charge on any atom is 0.0931 e. The Morgan fingerprint density at radius 2 is 1.97 bits per heavy atom. The van der Waals surface area contributed by atoms with E-state index in [0.29, 0.717) is 57.0 Å². The highest BCUT2D eigenvalue weighted by atomic mass is 16.5. The molecule has 0 aliphatic heterocycles. The Hall–Kier alpha value is -1.84. The fraction of sp³-hybridized carbons (Fsp3) is 0.643. The van der Waals surface area contributed by atoms with Gasteiger partial charge >= 0.3 is 0 Å². The van der Waals surface area contributed by atoms with Crippen molar-refractivity contribution in [1.82, 2.24) is 0 Å². The van der Waals surface area contributed by atoms with Crippen LogP contribution >= 0.6 is 0 Å². The van der Waals surface area contributed by atoms with Crippen molar-refractivity contribution in [3.05, 3.63) is 47.3 Å². The lowest BCUT2D eigenvalue weighted by Gasteiger charge is -2.30. The van der Waals surface area contributed by atoms with E-state index in [1.807, 2.05) is 6.08 Å². The third-order valence-corrected chi connectivity index (χ3v) is 5.50. The van der Waals surface area contributed by atoms with Gasteiger partial charge in [0.2, 0.25) is 0 Å². The third kappa shape index (κ3) is 16.4. The molecule has 0 heterocycles. The van der Waals surface area contributed by atoms with Crippen LogP contribution in [0.1, 0.15) is 65.7 Å². The second-order valence-electron chi connectivity index (χ2n) is 8.59. The van der Waals surface area contributed by atoms with Crippen molar-refractivity contribution in [3.63, 3.8) is 0 Å². The Morgan fingerprint density at radius 1 is 1.27 bits per heavy atom. The van der Waals surface area contributed by atoms with E-state index in [0.717, 1.165) is 31.3 Å². The van der Waals surface area contributed by atoms with E-state index in [-0.39, 0.29) is 6.61 Å². The molecule has 0 amide bonds. The molecule has 5 heteroatoms. The number of allylic oxidation sites excluding steroid dienone is 7. The van der Waals surface area contributed by atoms with Crippen molar-refractivity contribution < 1.29 is 19.7 Å². The van der Waals surface area contributed by atoms with Crippen LogP contribution in [0.25, 0.3) is 0 Å². The van der Waals surface area contributed by atoms with Gasteiger partial charge in [0, 0.05) is 13.0 Å². The molecule has 1 aliphatic carbocycles. The summed E-state index contributed by atoms with van der Waals surface area (Å²) >= 11 is 0. The summed E-state index contributed by atoms with van der Waals surface area (Å²) in [7, 11) is 0. The van der Waals surface area contributed by atoms with Crippen LogP contribution in [0.15, 0.2) is 47.3 Å². The highest BCUT2D eigenvalue weighted by Gasteiger charge is 2.25. The van der Waals surface area contributed by atoms with E-state index < -0.39 is 0 Å². The van der Waals surface area contributed by atoms with Gasteiger partial charge in [-0.05, 0) is 69.1 Å². The number of rotatable bonds is 15. The highest BCUT2D eigenvalue weighted by Crippen LogP contribution is 2.36. The van der Waals surface area contributed by atoms with E-state index in [9.17, 15) is 5.11 Å². The highest BCUT2D eigenvalue weighted by molar-refractivity contribution is 5.29. The summed E-state index contributed by atoms with van der Waals surface area (Å²) < 4.78 is 9.91. The Labute approximate surface area is 202 Å². The van der Waals surface area contributed by atoms with Crippen LogP contribution in [0, 0.1) is 24.2 Å². The molecule has 0 saturated carbocycles. The molecule has 0 fully saturated rings. The minimum absolute atomic E-state index is 0.0664. The molecule has 4 N–H and O–H groups in total. The molecule has 0 radical (unpaired) electrons. The quantitative estimate of drug-likeness (QED) is 0.0989. The molecule has 1 aliphatic rings. The van der Waals surface area contributed by atoms with Crippen LogP contribution in [0.2, 0.25) is 0 Å². The van der Waals surface area contributed by atoms with Crippen LogP contribution in [0.4, 0.5) is 0 Å². The molecule has 0 aromatic heterocycles. The number of aliphatic hydroxyl groups is 2. The standard InChI is InChI=1S/C22H32O.C6H15NO3/c1-6-8-9-11-19(10-7-2)15-21(23)16-20-14-18(5)12-13-22(20)17(3)4;7-1-3-9-5-6-10-4-2-8/h2,10,14-15,20,22-23H,3,6,8-9,11-13,16H2,1,4-5H3;8H,1-7H2/b19-10-,21-15+;. The molecular weight excluding hydrogens is 414 g/mol. The van der Waals surface area contributed by atoms with Crippen molar-refractivity contribution in [2.45, 2.75) is 65.7 Å². The van der Waals surface area contributed by atoms with Crippen LogP contribution < -0.4 is 5.73 Å². The summed E-state index contributed by atoms with van der Waals surface area (Å²) in [5, 5.41) is 18.7. The van der Waals surface area contributed by atoms with Crippen LogP contribution in [0.3, 0.4) is 0 Å². The number of nitrogens with two attached hydrogens (primary N) is 1. The molecule has 1 rings (SSSR count). The first-order valence-corrected chi connectivity index (χ1v) is 12.2. The van der Waals surface area contributed by atoms with E-state index >= 15 is 0 Å². The van der Waals surface area contributed by atoms with E-state index in [2.05, 4.69) is 39.3 Å². The lowest BCUT2D eigenvalue weighted by atomic mass is 9.76. The van der Waals surface area contributed by atoms with E-state index in [1.54, 1.807) is 6.08 Å². The van der Waals surface area contributed by atoms with Gasteiger partial charge in [-0.3, -0.25) is 0 Å². The Kier molecular flexibility index (Phi) is 19.6. The number of unbranched alkanes of at least 4 members (excludes halogenated alkanes) is 2. The van der Waals surface area contributed by atoms with Gasteiger partial charge in [0.15, 0.2) is 0 Å². The van der Waals surface area contributed by atoms with Crippen molar-refractivity contribution >= 4 is 0 Å². The summed E-state index contributed by atoms with van der Waals surface area (Å²) in [6.07, 6.45) is 18.8. The van der Waals surface area contributed by atoms with Gasteiger partial charge in [0.1, 0.15) is 0 Å². The van der Waals surface area contributed by atoms with Gasteiger partial charge in [-0.2, -0.15) is 0 Å². The number of ether oxygens (including phenoxy) is 2. The van der Waals surface area contributed by atoms with Crippen LogP contribution in [-0.4, -0.2) is 49.8 Å². The molecule has 2 unspecified atom stereocenters. The average Bonchev–Trinajstić information content (AvgIpc) is 2.77. The molecule has 0 aromatic carbocycles. The summed E-state index contributed by atoms with van der Waals surface area (Å²) in [6, 6.07) is 0. The molecule has 0 aromatic rings. The predicted octanol–water partition coefficient (Wildman–Crippen LogP) is 5.48. The normalized spacial score (nSPS) is 18.7. The zero-order valence-electron chi connectivity index (χ0n) is 21.2. The monoisotopic (exact) mass is 461 g/mol. The van der Waals surface area contributed by atoms with Gasteiger partial charge in [0.05, 0.1) is 38.8 Å². The fourth-order valence-electron chi connectivity index (χ4n) is 3.83. The molecule has 5 nitrogen and oxygen atoms in total. The number of hydrogen-bond donors (Lipinski definition) is 3. The first-order valence-electron chi connectivity index (χ1n) is 12.2. The zero-order chi connectivity index (χ0) is 24.9. The summed E-state index contributed by atoms with van der Waals surface area (Å²) in [6.45, 7) is 13.2. The maximum absolute atomic E-state index is 10.4. The molecular formula is C28H47NO4. The zero-order valence-corrected chi connectivity index (χ0v) is 21.2. The van der Waals surface area contributed by atoms with Crippen molar-refractivity contribution in [3.8, 4) is 12.3 Å². The van der Waals surface area contributed by atoms with E-state index in [4.69, 9.17) is 26.7 Å². The minimum atomic E-state index is 0.0664. The first-order chi connectivity index (χ1) is 15.9. The number of aliphatic hydroxyl groups excluding tert-OH is 2. The van der Waals surface area contributed by atoms with Crippen molar-refractivity contribution in [2.75, 3.05) is 39.6 Å². The molecule has 2 atom stereocenters. The molecule has 0 spiro atoms. The molecule has 0 saturated heterocycles. The largest absolute Gasteiger partial charge is 0.512 e. The van der Waals surface area contributed by atoms with Gasteiger partial charge < -0.3 is 25.4 Å². The van der Waals surface area contributed by atoms with Gasteiger partial charge in [0.25, 0.3) is 0 Å². The summed E-state index contributed by atoms with van der Waals surface area (Å²) in [5.74, 6) is 3.84. The minimum Gasteiger partial charge on any atom is -0.512 e. The lowest BCUT2D eigenvalue weighted by Crippen LogP contribution is -2.19. The predicted molar refractivity (Wildman–Crippen MR) is 139 cm³/mol. The third-order valence-electron chi connectivity index (χ3n) is 5.50. The second kappa shape index (κ2) is 20.7. The van der Waals surface area contributed by atoms with Crippen LogP contribution in [-0.2, 0) is 9.47 Å². The van der Waals surface area contributed by atoms with E-state index in [1.165, 1.54) is 24.0 Å². The summed E-state index contributed by atoms with van der Waals surface area (Å²) in [4.78, 5) is 0. The van der Waals surface area contributed by atoms with Gasteiger partial charge in [-0.25, -0.2) is 0 Å². The SMILES string of the molecule is C#C/C=C(\C=C(\O)CC1C=C(C)CCC1C(=C)C)CCCCC.NCCOCCOCCO. The second-order valence-corrected chi connectivity index (χ2v) is 8.59. The molecule has 0 bridgehead atoms. The number of hydrogen-bond acceptors (Lipinski definition) is 5. The number of terminal acetylenes is 1. The van der Waals surface area contributed by atoms with Crippen LogP contribution in [0.5, 0.6) is 0 Å².